The molecule has 0 atom stereocenters. The van der Waals surface area contributed by atoms with Gasteiger partial charge in [-0.3, -0.25) is 9.35 Å². The number of carbonyl (C=O) groups is 1. The van der Waals surface area contributed by atoms with E-state index in [0.717, 1.165) is 19.3 Å². The van der Waals surface area contributed by atoms with Crippen molar-refractivity contribution < 1.29 is 28.0 Å². The van der Waals surface area contributed by atoms with E-state index < -0.39 is 21.4 Å². The number of aliphatic hydroxyl groups excluding tert-OH is 2. The highest BCUT2D eigenvalue weighted by molar-refractivity contribution is 7.85. The van der Waals surface area contributed by atoms with Crippen LogP contribution in [0.25, 0.3) is 0 Å². The summed E-state index contributed by atoms with van der Waals surface area (Å²) in [7, 11) is -4.18. The molecule has 27 heavy (non-hydrogen) atoms. The molecule has 1 amide bonds. The van der Waals surface area contributed by atoms with E-state index in [2.05, 4.69) is 12.2 Å². The number of amides is 1. The van der Waals surface area contributed by atoms with Gasteiger partial charge in [0.15, 0.2) is 0 Å². The molecule has 0 aromatic rings. The second kappa shape index (κ2) is 15.2. The Morgan fingerprint density at radius 3 is 1.78 bits per heavy atom. The zero-order valence-corrected chi connectivity index (χ0v) is 17.6. The van der Waals surface area contributed by atoms with Gasteiger partial charge in [-0.15, -0.1) is 0 Å². The zero-order chi connectivity index (χ0) is 20.6. The highest BCUT2D eigenvalue weighted by Gasteiger charge is 2.32. The fourth-order valence-corrected chi connectivity index (χ4v) is 3.92. The Kier molecular flexibility index (Phi) is 14.9. The maximum absolute atomic E-state index is 12.3. The van der Waals surface area contributed by atoms with Gasteiger partial charge in [-0.05, 0) is 25.7 Å². The Hall–Kier alpha value is -0.700. The van der Waals surface area contributed by atoms with Crippen molar-refractivity contribution in [3.63, 3.8) is 0 Å². The SMILES string of the molecule is CCCCCCCCCCCC(=O)NC(CCO)(CCO)CCS(=O)(=O)O. The Morgan fingerprint density at radius 2 is 1.33 bits per heavy atom. The van der Waals surface area contributed by atoms with Gasteiger partial charge in [-0.1, -0.05) is 58.3 Å². The van der Waals surface area contributed by atoms with Crippen LogP contribution in [-0.2, 0) is 14.9 Å². The van der Waals surface area contributed by atoms with E-state index in [4.69, 9.17) is 4.55 Å². The van der Waals surface area contributed by atoms with Crippen molar-refractivity contribution in [1.29, 1.82) is 0 Å². The number of nitrogens with one attached hydrogen (secondary N) is 1. The molecule has 0 aromatic carbocycles. The van der Waals surface area contributed by atoms with Crippen molar-refractivity contribution in [2.24, 2.45) is 0 Å². The summed E-state index contributed by atoms with van der Waals surface area (Å²) in [6.45, 7) is 1.71. The summed E-state index contributed by atoms with van der Waals surface area (Å²) >= 11 is 0. The van der Waals surface area contributed by atoms with E-state index in [-0.39, 0.29) is 38.4 Å². The van der Waals surface area contributed by atoms with Gasteiger partial charge < -0.3 is 15.5 Å². The molecule has 4 N–H and O–H groups in total. The van der Waals surface area contributed by atoms with Crippen molar-refractivity contribution >= 4 is 16.0 Å². The van der Waals surface area contributed by atoms with Crippen LogP contribution in [0.5, 0.6) is 0 Å². The summed E-state index contributed by atoms with van der Waals surface area (Å²) in [5.41, 5.74) is -1.02. The van der Waals surface area contributed by atoms with Gasteiger partial charge in [0.05, 0.1) is 5.75 Å². The first kappa shape index (κ1) is 26.3. The van der Waals surface area contributed by atoms with Crippen molar-refractivity contribution in [2.75, 3.05) is 19.0 Å². The molecule has 0 rings (SSSR count). The lowest BCUT2D eigenvalue weighted by molar-refractivity contribution is -0.123. The summed E-state index contributed by atoms with van der Waals surface area (Å²) < 4.78 is 31.1. The number of carbonyl (C=O) groups excluding carboxylic acids is 1. The van der Waals surface area contributed by atoms with Gasteiger partial charge in [0, 0.05) is 25.2 Å². The van der Waals surface area contributed by atoms with Crippen molar-refractivity contribution in [3.05, 3.63) is 0 Å². The number of aliphatic hydroxyl groups is 2. The van der Waals surface area contributed by atoms with Crippen LogP contribution in [0.3, 0.4) is 0 Å². The van der Waals surface area contributed by atoms with Crippen LogP contribution in [0.15, 0.2) is 0 Å². The van der Waals surface area contributed by atoms with Gasteiger partial charge in [-0.2, -0.15) is 8.42 Å². The van der Waals surface area contributed by atoms with E-state index in [9.17, 15) is 23.4 Å². The second-order valence-corrected chi connectivity index (χ2v) is 8.96. The first-order chi connectivity index (χ1) is 12.8. The summed E-state index contributed by atoms with van der Waals surface area (Å²) in [4.78, 5) is 12.3. The van der Waals surface area contributed by atoms with Crippen molar-refractivity contribution in [1.82, 2.24) is 5.32 Å². The molecule has 0 saturated heterocycles. The fourth-order valence-electron chi connectivity index (χ4n) is 3.27. The molecule has 0 bridgehead atoms. The molecule has 0 radical (unpaired) electrons. The van der Waals surface area contributed by atoms with Crippen LogP contribution in [0.1, 0.15) is 90.4 Å². The first-order valence-electron chi connectivity index (χ1n) is 10.3. The topological polar surface area (TPSA) is 124 Å². The van der Waals surface area contributed by atoms with Crippen LogP contribution in [0, 0.1) is 0 Å². The summed E-state index contributed by atoms with van der Waals surface area (Å²) in [6.07, 6.45) is 10.9. The van der Waals surface area contributed by atoms with Crippen LogP contribution in [-0.4, -0.2) is 53.6 Å². The lowest BCUT2D eigenvalue weighted by Crippen LogP contribution is -2.50. The largest absolute Gasteiger partial charge is 0.396 e. The van der Waals surface area contributed by atoms with Gasteiger partial charge in [0.1, 0.15) is 0 Å². The van der Waals surface area contributed by atoms with E-state index in [1.165, 1.54) is 38.5 Å². The normalized spacial score (nSPS) is 12.3. The Morgan fingerprint density at radius 1 is 0.852 bits per heavy atom. The van der Waals surface area contributed by atoms with Gasteiger partial charge in [0.25, 0.3) is 10.1 Å². The minimum atomic E-state index is -4.18. The predicted octanol–water partition coefficient (Wildman–Crippen LogP) is 2.81. The molecule has 0 unspecified atom stereocenters. The third-order valence-corrected chi connectivity index (χ3v) is 5.65. The fraction of sp³-hybridized carbons (Fsp3) is 0.947. The molecule has 0 aliphatic carbocycles. The molecule has 0 aliphatic heterocycles. The quantitative estimate of drug-likeness (QED) is 0.204. The number of hydrogen-bond donors (Lipinski definition) is 4. The lowest BCUT2D eigenvalue weighted by atomic mass is 9.88. The number of hydrogen-bond acceptors (Lipinski definition) is 5. The predicted molar refractivity (Wildman–Crippen MR) is 107 cm³/mol. The lowest BCUT2D eigenvalue weighted by Gasteiger charge is -2.34. The second-order valence-electron chi connectivity index (χ2n) is 7.39. The van der Waals surface area contributed by atoms with Crippen molar-refractivity contribution in [3.8, 4) is 0 Å². The van der Waals surface area contributed by atoms with Crippen LogP contribution < -0.4 is 5.32 Å². The minimum absolute atomic E-state index is 0.0452. The first-order valence-corrected chi connectivity index (χ1v) is 11.9. The van der Waals surface area contributed by atoms with Crippen molar-refractivity contribution in [2.45, 2.75) is 95.9 Å². The molecule has 0 saturated carbocycles. The molecule has 0 heterocycles. The summed E-state index contributed by atoms with van der Waals surface area (Å²) in [5.74, 6) is -0.735. The zero-order valence-electron chi connectivity index (χ0n) is 16.8. The Balaban J connectivity index is 4.27. The highest BCUT2D eigenvalue weighted by Crippen LogP contribution is 2.21. The Bertz CT molecular complexity index is 475. The van der Waals surface area contributed by atoms with E-state index in [1.807, 2.05) is 0 Å². The monoisotopic (exact) mass is 409 g/mol. The molecule has 8 heteroatoms. The highest BCUT2D eigenvalue weighted by atomic mass is 32.2. The minimum Gasteiger partial charge on any atom is -0.396 e. The Labute approximate surface area is 164 Å². The summed E-state index contributed by atoms with van der Waals surface area (Å²) in [5, 5.41) is 21.3. The molecule has 7 nitrogen and oxygen atoms in total. The van der Waals surface area contributed by atoms with Gasteiger partial charge in [-0.25, -0.2) is 0 Å². The summed E-state index contributed by atoms with van der Waals surface area (Å²) in [6, 6.07) is 0. The van der Waals surface area contributed by atoms with Gasteiger partial charge >= 0.3 is 0 Å². The van der Waals surface area contributed by atoms with Crippen LogP contribution in [0.2, 0.25) is 0 Å². The van der Waals surface area contributed by atoms with Crippen LogP contribution >= 0.6 is 0 Å². The molecule has 0 spiro atoms. The number of unbranched alkanes of at least 4 members (excludes halogenated alkanes) is 8. The molecule has 0 aromatic heterocycles. The standard InChI is InChI=1S/C19H39NO6S/c1-2-3-4-5-6-7-8-9-10-11-18(23)20-19(12-15-21,13-16-22)14-17-27(24,25)26/h21-22H,2-17H2,1H3,(H,20,23)(H,24,25,26). The maximum atomic E-state index is 12.3. The van der Waals surface area contributed by atoms with Gasteiger partial charge in [0.2, 0.25) is 5.91 Å². The smallest absolute Gasteiger partial charge is 0.264 e. The third kappa shape index (κ3) is 15.0. The average Bonchev–Trinajstić information content (AvgIpc) is 2.58. The molecular weight excluding hydrogens is 370 g/mol. The maximum Gasteiger partial charge on any atom is 0.264 e. The van der Waals surface area contributed by atoms with E-state index >= 15 is 0 Å². The molecular formula is C19H39NO6S. The number of rotatable bonds is 18. The molecule has 162 valence electrons. The third-order valence-electron chi connectivity index (χ3n) is 4.93. The molecule has 0 fully saturated rings. The molecule has 0 aliphatic rings. The van der Waals surface area contributed by atoms with E-state index in [0.29, 0.717) is 6.42 Å². The van der Waals surface area contributed by atoms with Crippen LogP contribution in [0.4, 0.5) is 0 Å². The average molecular weight is 410 g/mol. The van der Waals surface area contributed by atoms with E-state index in [1.54, 1.807) is 0 Å².